The maximum absolute atomic E-state index is 12.4. The Balaban J connectivity index is 1.65. The fourth-order valence-electron chi connectivity index (χ4n) is 2.84. The van der Waals surface area contributed by atoms with Gasteiger partial charge in [0.05, 0.1) is 10.7 Å². The van der Waals surface area contributed by atoms with E-state index in [1.807, 2.05) is 32.0 Å². The molecule has 1 aromatic heterocycles. The lowest BCUT2D eigenvalue weighted by atomic mass is 10.0. The average Bonchev–Trinajstić information content (AvgIpc) is 3.21. The van der Waals surface area contributed by atoms with E-state index < -0.39 is 4.92 Å². The van der Waals surface area contributed by atoms with Crippen LogP contribution in [-0.4, -0.2) is 26.8 Å². The number of nitrogens with one attached hydrogen (secondary N) is 1. The third-order valence-electron chi connectivity index (χ3n) is 4.30. The lowest BCUT2D eigenvalue weighted by Gasteiger charge is -2.13. The van der Waals surface area contributed by atoms with Crippen molar-refractivity contribution in [2.45, 2.75) is 31.9 Å². The number of aromatic nitrogens is 2. The van der Waals surface area contributed by atoms with Crippen molar-refractivity contribution >= 4 is 29.0 Å². The lowest BCUT2D eigenvalue weighted by Crippen LogP contribution is -2.16. The largest absolute Gasteiger partial charge is 0.411 e. The zero-order chi connectivity index (χ0) is 20.8. The molecule has 1 amide bonds. The van der Waals surface area contributed by atoms with Crippen LogP contribution >= 0.6 is 11.8 Å². The quantitative estimate of drug-likeness (QED) is 0.329. The second kappa shape index (κ2) is 9.33. The lowest BCUT2D eigenvalue weighted by molar-refractivity contribution is -0.384. The number of nitro benzene ring substituents is 1. The van der Waals surface area contributed by atoms with E-state index in [0.717, 1.165) is 41.4 Å². The minimum Gasteiger partial charge on any atom is -0.411 e. The molecule has 0 radical (unpaired) electrons. The summed E-state index contributed by atoms with van der Waals surface area (Å²) in [6.07, 6.45) is 1.65. The van der Waals surface area contributed by atoms with E-state index in [9.17, 15) is 14.9 Å². The minimum absolute atomic E-state index is 0.0596. The molecule has 0 saturated heterocycles. The van der Waals surface area contributed by atoms with Crippen LogP contribution in [0, 0.1) is 10.1 Å². The van der Waals surface area contributed by atoms with Crippen molar-refractivity contribution in [3.63, 3.8) is 0 Å². The predicted molar refractivity (Wildman–Crippen MR) is 111 cm³/mol. The van der Waals surface area contributed by atoms with Gasteiger partial charge < -0.3 is 9.73 Å². The molecule has 8 nitrogen and oxygen atoms in total. The molecule has 2 aromatic carbocycles. The van der Waals surface area contributed by atoms with Crippen molar-refractivity contribution < 1.29 is 14.1 Å². The molecule has 9 heteroatoms. The Labute approximate surface area is 171 Å². The molecular weight excluding hydrogens is 392 g/mol. The molecule has 0 fully saturated rings. The number of hydrogen-bond acceptors (Lipinski definition) is 7. The topological polar surface area (TPSA) is 111 Å². The maximum atomic E-state index is 12.4. The van der Waals surface area contributed by atoms with E-state index in [4.69, 9.17) is 4.42 Å². The van der Waals surface area contributed by atoms with E-state index in [1.165, 1.54) is 12.1 Å². The smallest absolute Gasteiger partial charge is 0.277 e. The van der Waals surface area contributed by atoms with E-state index in [2.05, 4.69) is 15.5 Å². The first-order valence-corrected chi connectivity index (χ1v) is 10.1. The summed E-state index contributed by atoms with van der Waals surface area (Å²) in [4.78, 5) is 22.8. The van der Waals surface area contributed by atoms with Gasteiger partial charge in [-0.1, -0.05) is 49.9 Å². The second-order valence-electron chi connectivity index (χ2n) is 6.18. The highest BCUT2D eigenvalue weighted by atomic mass is 32.2. The number of nitro groups is 1. The van der Waals surface area contributed by atoms with E-state index in [-0.39, 0.29) is 28.5 Å². The highest BCUT2D eigenvalue weighted by Crippen LogP contribution is 2.27. The first kappa shape index (κ1) is 20.5. The molecule has 150 valence electrons. The number of para-hydroxylation sites is 1. The fourth-order valence-corrected chi connectivity index (χ4v) is 3.41. The number of thioether (sulfide) groups is 1. The third-order valence-corrected chi connectivity index (χ3v) is 5.12. The summed E-state index contributed by atoms with van der Waals surface area (Å²) in [5.74, 6) is 0.111. The van der Waals surface area contributed by atoms with Crippen LogP contribution in [0.2, 0.25) is 0 Å². The molecule has 29 heavy (non-hydrogen) atoms. The van der Waals surface area contributed by atoms with Gasteiger partial charge in [0.2, 0.25) is 11.8 Å². The number of non-ortho nitro benzene ring substituents is 1. The summed E-state index contributed by atoms with van der Waals surface area (Å²) in [7, 11) is 0. The van der Waals surface area contributed by atoms with Crippen molar-refractivity contribution in [2.75, 3.05) is 11.1 Å². The van der Waals surface area contributed by atoms with Crippen molar-refractivity contribution in [1.82, 2.24) is 10.2 Å². The molecule has 3 aromatic rings. The number of carbonyl (C=O) groups excluding carboxylic acids is 1. The van der Waals surface area contributed by atoms with Crippen LogP contribution in [0.15, 0.2) is 52.1 Å². The highest BCUT2D eigenvalue weighted by Gasteiger charge is 2.15. The number of anilines is 1. The number of carbonyl (C=O) groups is 1. The minimum atomic E-state index is -0.488. The van der Waals surface area contributed by atoms with Crippen LogP contribution in [0.1, 0.15) is 25.0 Å². The predicted octanol–water partition coefficient (Wildman–Crippen LogP) is 4.50. The Hall–Kier alpha value is -3.20. The van der Waals surface area contributed by atoms with Crippen LogP contribution in [-0.2, 0) is 17.6 Å². The molecule has 0 atom stereocenters. The van der Waals surface area contributed by atoms with Gasteiger partial charge in [-0.25, -0.2) is 0 Å². The van der Waals surface area contributed by atoms with Gasteiger partial charge in [-0.2, -0.15) is 0 Å². The van der Waals surface area contributed by atoms with Crippen LogP contribution < -0.4 is 5.32 Å². The zero-order valence-electron chi connectivity index (χ0n) is 16.0. The van der Waals surface area contributed by atoms with Crippen LogP contribution in [0.3, 0.4) is 0 Å². The van der Waals surface area contributed by atoms with Gasteiger partial charge in [0, 0.05) is 23.4 Å². The van der Waals surface area contributed by atoms with Crippen molar-refractivity contribution in [3.05, 3.63) is 63.7 Å². The van der Waals surface area contributed by atoms with Crippen LogP contribution in [0.4, 0.5) is 11.4 Å². The van der Waals surface area contributed by atoms with E-state index in [0.29, 0.717) is 5.56 Å². The Morgan fingerprint density at radius 1 is 1.14 bits per heavy atom. The molecule has 0 bridgehead atoms. The SMILES string of the molecule is CCc1cccc(CC)c1NC(=O)CSc1nnc(-c2cccc([N+](=O)[O-])c2)o1. The Morgan fingerprint density at radius 3 is 2.48 bits per heavy atom. The van der Waals surface area contributed by atoms with Gasteiger partial charge in [-0.15, -0.1) is 10.2 Å². The molecular formula is C20H20N4O4S. The van der Waals surface area contributed by atoms with Gasteiger partial charge in [-0.05, 0) is 30.0 Å². The van der Waals surface area contributed by atoms with Crippen molar-refractivity contribution in [1.29, 1.82) is 0 Å². The maximum Gasteiger partial charge on any atom is 0.277 e. The molecule has 0 saturated carbocycles. The Kier molecular flexibility index (Phi) is 6.61. The molecule has 0 aliphatic rings. The molecule has 1 heterocycles. The first-order valence-electron chi connectivity index (χ1n) is 9.13. The van der Waals surface area contributed by atoms with Gasteiger partial charge >= 0.3 is 0 Å². The summed E-state index contributed by atoms with van der Waals surface area (Å²) in [5.41, 5.74) is 3.44. The monoisotopic (exact) mass is 412 g/mol. The first-order chi connectivity index (χ1) is 14.0. The Bertz CT molecular complexity index is 1010. The summed E-state index contributed by atoms with van der Waals surface area (Å²) in [6.45, 7) is 4.10. The zero-order valence-corrected chi connectivity index (χ0v) is 16.9. The standard InChI is InChI=1S/C20H20N4O4S/c1-3-13-7-5-8-14(4-2)18(13)21-17(25)12-29-20-23-22-19(28-20)15-9-6-10-16(11-15)24(26)27/h5-11H,3-4,12H2,1-2H3,(H,21,25). The molecule has 3 rings (SSSR count). The number of rotatable bonds is 8. The summed E-state index contributed by atoms with van der Waals surface area (Å²) in [5, 5.41) is 21.9. The normalized spacial score (nSPS) is 10.7. The molecule has 0 unspecified atom stereocenters. The second-order valence-corrected chi connectivity index (χ2v) is 7.10. The summed E-state index contributed by atoms with van der Waals surface area (Å²) in [6, 6.07) is 12.0. The van der Waals surface area contributed by atoms with E-state index >= 15 is 0 Å². The Morgan fingerprint density at radius 2 is 1.83 bits per heavy atom. The molecule has 0 aliphatic carbocycles. The number of nitrogens with zero attached hydrogens (tertiary/aromatic N) is 3. The molecule has 1 N–H and O–H groups in total. The number of aryl methyl sites for hydroxylation is 2. The van der Waals surface area contributed by atoms with Gasteiger partial charge in [-0.3, -0.25) is 14.9 Å². The van der Waals surface area contributed by atoms with Crippen molar-refractivity contribution in [2.24, 2.45) is 0 Å². The average molecular weight is 412 g/mol. The summed E-state index contributed by atoms with van der Waals surface area (Å²) >= 11 is 1.11. The van der Waals surface area contributed by atoms with Crippen molar-refractivity contribution in [3.8, 4) is 11.5 Å². The number of benzene rings is 2. The number of amides is 1. The third kappa shape index (κ3) is 5.00. The van der Waals surface area contributed by atoms with Gasteiger partial charge in [0.15, 0.2) is 0 Å². The molecule has 0 spiro atoms. The fraction of sp³-hybridized carbons (Fsp3) is 0.250. The van der Waals surface area contributed by atoms with E-state index in [1.54, 1.807) is 12.1 Å². The highest BCUT2D eigenvalue weighted by molar-refractivity contribution is 7.99. The summed E-state index contributed by atoms with van der Waals surface area (Å²) < 4.78 is 5.53. The van der Waals surface area contributed by atoms with Crippen LogP contribution in [0.25, 0.3) is 11.5 Å². The van der Waals surface area contributed by atoms with Gasteiger partial charge in [0.1, 0.15) is 0 Å². The van der Waals surface area contributed by atoms with Crippen LogP contribution in [0.5, 0.6) is 0 Å². The van der Waals surface area contributed by atoms with Gasteiger partial charge in [0.25, 0.3) is 10.9 Å². The molecule has 0 aliphatic heterocycles. The number of hydrogen-bond donors (Lipinski definition) is 1.